The highest BCUT2D eigenvalue weighted by molar-refractivity contribution is 5.93. The lowest BCUT2D eigenvalue weighted by Crippen LogP contribution is -2.29. The molecule has 88 valence electrons. The van der Waals surface area contributed by atoms with Gasteiger partial charge in [0.25, 0.3) is 0 Å². The molecule has 17 heavy (non-hydrogen) atoms. The van der Waals surface area contributed by atoms with Crippen LogP contribution in [0.1, 0.15) is 31.2 Å². The molecule has 1 aromatic rings. The summed E-state index contributed by atoms with van der Waals surface area (Å²) in [5.41, 5.74) is 1.39. The Morgan fingerprint density at radius 2 is 2.29 bits per heavy atom. The minimum atomic E-state index is 0.143. The molecular formula is C14H16N2O. The molecule has 1 amide bonds. The van der Waals surface area contributed by atoms with Crippen LogP contribution in [0.4, 0.5) is 5.69 Å². The molecule has 0 atom stereocenters. The van der Waals surface area contributed by atoms with Crippen molar-refractivity contribution in [3.63, 3.8) is 0 Å². The Morgan fingerprint density at radius 3 is 2.88 bits per heavy atom. The Morgan fingerprint density at radius 1 is 1.53 bits per heavy atom. The van der Waals surface area contributed by atoms with Crippen molar-refractivity contribution in [3.8, 4) is 6.07 Å². The Hall–Kier alpha value is -1.82. The highest BCUT2D eigenvalue weighted by atomic mass is 16.2. The van der Waals surface area contributed by atoms with Gasteiger partial charge >= 0.3 is 0 Å². The van der Waals surface area contributed by atoms with E-state index in [1.54, 1.807) is 30.1 Å². The summed E-state index contributed by atoms with van der Waals surface area (Å²) >= 11 is 0. The number of amides is 1. The van der Waals surface area contributed by atoms with Crippen LogP contribution in [-0.2, 0) is 4.79 Å². The minimum Gasteiger partial charge on any atom is -0.315 e. The summed E-state index contributed by atoms with van der Waals surface area (Å²) in [6.07, 6.45) is 4.24. The van der Waals surface area contributed by atoms with E-state index in [0.717, 1.165) is 5.69 Å². The van der Waals surface area contributed by atoms with E-state index in [1.165, 1.54) is 19.3 Å². The van der Waals surface area contributed by atoms with E-state index in [4.69, 9.17) is 5.26 Å². The van der Waals surface area contributed by atoms with Crippen LogP contribution in [0, 0.1) is 17.2 Å². The van der Waals surface area contributed by atoms with Crippen molar-refractivity contribution >= 4 is 11.6 Å². The van der Waals surface area contributed by atoms with Gasteiger partial charge in [0.2, 0.25) is 5.91 Å². The van der Waals surface area contributed by atoms with Crippen molar-refractivity contribution in [1.82, 2.24) is 0 Å². The van der Waals surface area contributed by atoms with Crippen LogP contribution in [0.5, 0.6) is 0 Å². The molecule has 1 aromatic carbocycles. The zero-order valence-electron chi connectivity index (χ0n) is 10.0. The molecule has 0 heterocycles. The van der Waals surface area contributed by atoms with E-state index in [-0.39, 0.29) is 5.91 Å². The zero-order valence-corrected chi connectivity index (χ0v) is 10.0. The fourth-order valence-corrected chi connectivity index (χ4v) is 2.01. The molecule has 0 spiro atoms. The van der Waals surface area contributed by atoms with Gasteiger partial charge in [-0.3, -0.25) is 4.79 Å². The number of anilines is 1. The number of carbonyl (C=O) groups excluding carboxylic acids is 1. The van der Waals surface area contributed by atoms with Crippen molar-refractivity contribution < 1.29 is 4.79 Å². The third-order valence-electron chi connectivity index (χ3n) is 3.42. The van der Waals surface area contributed by atoms with E-state index in [9.17, 15) is 4.79 Å². The number of nitrogens with zero attached hydrogens (tertiary/aromatic N) is 2. The third kappa shape index (κ3) is 2.65. The molecule has 2 rings (SSSR count). The Balaban J connectivity index is 2.04. The monoisotopic (exact) mass is 228 g/mol. The molecule has 0 saturated heterocycles. The second-order valence-electron chi connectivity index (χ2n) is 4.62. The first-order valence-electron chi connectivity index (χ1n) is 5.97. The Labute approximate surface area is 102 Å². The lowest BCUT2D eigenvalue weighted by Gasteiger charge is -2.27. The molecule has 0 aliphatic heterocycles. The van der Waals surface area contributed by atoms with Gasteiger partial charge < -0.3 is 4.90 Å². The molecule has 0 N–H and O–H groups in total. The lowest BCUT2D eigenvalue weighted by atomic mass is 9.82. The molecule has 0 unspecified atom stereocenters. The van der Waals surface area contributed by atoms with Gasteiger partial charge in [0.1, 0.15) is 0 Å². The predicted octanol–water partition coefficient (Wildman–Crippen LogP) is 2.71. The number of carbonyl (C=O) groups is 1. The van der Waals surface area contributed by atoms with Gasteiger partial charge in [-0.2, -0.15) is 5.26 Å². The molecule has 1 aliphatic rings. The standard InChI is InChI=1S/C14H16N2O/c1-16(14(17)9-11-4-2-5-11)13-7-3-6-12(8-13)10-15/h3,6-8,11H,2,4-5,9H2,1H3. The SMILES string of the molecule is CN(C(=O)CC1CCC1)c1cccc(C#N)c1. The second-order valence-corrected chi connectivity index (χ2v) is 4.62. The molecule has 1 aliphatic carbocycles. The molecule has 0 radical (unpaired) electrons. The first-order chi connectivity index (χ1) is 8.20. The largest absolute Gasteiger partial charge is 0.315 e. The average Bonchev–Trinajstić information content (AvgIpc) is 2.32. The van der Waals surface area contributed by atoms with Gasteiger partial charge in [0.05, 0.1) is 11.6 Å². The highest BCUT2D eigenvalue weighted by Crippen LogP contribution is 2.30. The summed E-state index contributed by atoms with van der Waals surface area (Å²) in [7, 11) is 1.78. The highest BCUT2D eigenvalue weighted by Gasteiger charge is 2.22. The normalized spacial score (nSPS) is 14.8. The summed E-state index contributed by atoms with van der Waals surface area (Å²) < 4.78 is 0. The van der Waals surface area contributed by atoms with Crippen LogP contribution in [0.2, 0.25) is 0 Å². The minimum absolute atomic E-state index is 0.143. The molecular weight excluding hydrogens is 212 g/mol. The second kappa shape index (κ2) is 5.01. The average molecular weight is 228 g/mol. The number of rotatable bonds is 3. The van der Waals surface area contributed by atoms with Crippen LogP contribution in [0.3, 0.4) is 0 Å². The lowest BCUT2D eigenvalue weighted by molar-refractivity contribution is -0.119. The van der Waals surface area contributed by atoms with Gasteiger partial charge in [0, 0.05) is 19.2 Å². The Bertz CT molecular complexity index is 458. The van der Waals surface area contributed by atoms with Crippen LogP contribution in [-0.4, -0.2) is 13.0 Å². The molecule has 0 aromatic heterocycles. The smallest absolute Gasteiger partial charge is 0.226 e. The van der Waals surface area contributed by atoms with E-state index >= 15 is 0 Å². The fourth-order valence-electron chi connectivity index (χ4n) is 2.01. The molecule has 1 saturated carbocycles. The first kappa shape index (κ1) is 11.7. The van der Waals surface area contributed by atoms with Crippen molar-refractivity contribution in [3.05, 3.63) is 29.8 Å². The van der Waals surface area contributed by atoms with Crippen LogP contribution < -0.4 is 4.90 Å². The maximum absolute atomic E-state index is 12.0. The van der Waals surface area contributed by atoms with Gasteiger partial charge in [-0.25, -0.2) is 0 Å². The summed E-state index contributed by atoms with van der Waals surface area (Å²) in [5, 5.41) is 8.82. The zero-order chi connectivity index (χ0) is 12.3. The predicted molar refractivity (Wildman–Crippen MR) is 66.5 cm³/mol. The maximum Gasteiger partial charge on any atom is 0.226 e. The van der Waals surface area contributed by atoms with Crippen LogP contribution in [0.25, 0.3) is 0 Å². The van der Waals surface area contributed by atoms with E-state index in [1.807, 2.05) is 6.07 Å². The number of benzene rings is 1. The van der Waals surface area contributed by atoms with E-state index in [0.29, 0.717) is 17.9 Å². The van der Waals surface area contributed by atoms with E-state index < -0.39 is 0 Å². The number of hydrogen-bond acceptors (Lipinski definition) is 2. The maximum atomic E-state index is 12.0. The van der Waals surface area contributed by atoms with Crippen molar-refractivity contribution in [2.75, 3.05) is 11.9 Å². The van der Waals surface area contributed by atoms with Crippen molar-refractivity contribution in [2.24, 2.45) is 5.92 Å². The topological polar surface area (TPSA) is 44.1 Å². The fraction of sp³-hybridized carbons (Fsp3) is 0.429. The summed E-state index contributed by atoms with van der Waals surface area (Å²) in [6.45, 7) is 0. The molecule has 1 fully saturated rings. The molecule has 3 nitrogen and oxygen atoms in total. The summed E-state index contributed by atoms with van der Waals surface area (Å²) in [4.78, 5) is 13.6. The Kier molecular flexibility index (Phi) is 3.43. The summed E-state index contributed by atoms with van der Waals surface area (Å²) in [5.74, 6) is 0.717. The van der Waals surface area contributed by atoms with E-state index in [2.05, 4.69) is 6.07 Å². The number of hydrogen-bond donors (Lipinski definition) is 0. The molecule has 3 heteroatoms. The third-order valence-corrected chi connectivity index (χ3v) is 3.42. The van der Waals surface area contributed by atoms with Gasteiger partial charge in [-0.1, -0.05) is 12.5 Å². The first-order valence-corrected chi connectivity index (χ1v) is 5.97. The van der Waals surface area contributed by atoms with Gasteiger partial charge in [0.15, 0.2) is 0 Å². The molecule has 0 bridgehead atoms. The van der Waals surface area contributed by atoms with Crippen molar-refractivity contribution in [1.29, 1.82) is 5.26 Å². The van der Waals surface area contributed by atoms with Gasteiger partial charge in [-0.15, -0.1) is 0 Å². The number of nitriles is 1. The van der Waals surface area contributed by atoms with Crippen molar-refractivity contribution in [2.45, 2.75) is 25.7 Å². The summed E-state index contributed by atoms with van der Waals surface area (Å²) in [6, 6.07) is 9.25. The van der Waals surface area contributed by atoms with Gasteiger partial charge in [-0.05, 0) is 37.0 Å². The quantitative estimate of drug-likeness (QED) is 0.798. The van der Waals surface area contributed by atoms with Crippen LogP contribution >= 0.6 is 0 Å². The van der Waals surface area contributed by atoms with Crippen LogP contribution in [0.15, 0.2) is 24.3 Å².